The molecule has 0 aliphatic heterocycles. The molecule has 0 N–H and O–H groups in total. The number of aromatic nitrogens is 4. The van der Waals surface area contributed by atoms with E-state index >= 15 is 0 Å². The van der Waals surface area contributed by atoms with Crippen LogP contribution in [-0.2, 0) is 7.05 Å². The van der Waals surface area contributed by atoms with Gasteiger partial charge in [-0.25, -0.2) is 4.98 Å². The Balaban J connectivity index is 1.75. The van der Waals surface area contributed by atoms with E-state index in [4.69, 9.17) is 16.3 Å². The Morgan fingerprint density at radius 1 is 1.06 bits per heavy atom. The lowest BCUT2D eigenvalue weighted by Gasteiger charge is -2.11. The van der Waals surface area contributed by atoms with E-state index in [2.05, 4.69) is 16.0 Å². The molecule has 0 aliphatic carbocycles. The van der Waals surface area contributed by atoms with Gasteiger partial charge in [0.2, 0.25) is 5.88 Å². The van der Waals surface area contributed by atoms with Crippen molar-refractivity contribution in [2.45, 2.75) is 0 Å². The molecule has 5 rings (SSSR count). The van der Waals surface area contributed by atoms with Gasteiger partial charge in [0.1, 0.15) is 23.0 Å². The molecular formula is C25H16ClN5O2. The first-order valence-corrected chi connectivity index (χ1v) is 10.4. The van der Waals surface area contributed by atoms with E-state index in [0.717, 1.165) is 11.0 Å². The van der Waals surface area contributed by atoms with Gasteiger partial charge in [-0.15, -0.1) is 0 Å². The molecular weight excluding hydrogens is 438 g/mol. The topological polar surface area (TPSA) is 85.2 Å². The summed E-state index contributed by atoms with van der Waals surface area (Å²) in [5, 5.41) is 10.3. The molecule has 0 atom stereocenters. The van der Waals surface area contributed by atoms with Crippen LogP contribution in [0.25, 0.3) is 28.3 Å². The summed E-state index contributed by atoms with van der Waals surface area (Å²) in [5.74, 6) is 0.827. The van der Waals surface area contributed by atoms with Gasteiger partial charge in [-0.3, -0.25) is 9.20 Å². The molecule has 33 heavy (non-hydrogen) atoms. The van der Waals surface area contributed by atoms with Crippen LogP contribution in [0.5, 0.6) is 11.6 Å². The van der Waals surface area contributed by atoms with Gasteiger partial charge in [0, 0.05) is 13.2 Å². The molecule has 7 nitrogen and oxygen atoms in total. The number of allylic oxidation sites excluding steroid dienone is 1. The molecule has 5 aromatic rings. The molecule has 160 valence electrons. The Hall–Kier alpha value is -4.41. The molecule has 0 unspecified atom stereocenters. The molecule has 3 heterocycles. The van der Waals surface area contributed by atoms with Crippen LogP contribution in [0.15, 0.2) is 77.7 Å². The number of nitrogens with zero attached hydrogens (tertiary/aromatic N) is 5. The van der Waals surface area contributed by atoms with Crippen molar-refractivity contribution in [2.75, 3.05) is 0 Å². The average Bonchev–Trinajstić information content (AvgIpc) is 3.17. The van der Waals surface area contributed by atoms with Gasteiger partial charge in [0.15, 0.2) is 5.82 Å². The van der Waals surface area contributed by atoms with Crippen LogP contribution in [0.3, 0.4) is 0 Å². The molecule has 0 saturated carbocycles. The van der Waals surface area contributed by atoms with Crippen molar-refractivity contribution in [1.82, 2.24) is 18.9 Å². The summed E-state index contributed by atoms with van der Waals surface area (Å²) in [5.41, 5.74) is 1.96. The summed E-state index contributed by atoms with van der Waals surface area (Å²) >= 11 is 6.26. The minimum Gasteiger partial charge on any atom is -0.437 e. The molecule has 8 heteroatoms. The van der Waals surface area contributed by atoms with Gasteiger partial charge in [-0.2, -0.15) is 10.2 Å². The summed E-state index contributed by atoms with van der Waals surface area (Å²) in [7, 11) is 1.82. The largest absolute Gasteiger partial charge is 0.437 e. The van der Waals surface area contributed by atoms with Gasteiger partial charge >= 0.3 is 0 Å². The number of rotatable bonds is 4. The van der Waals surface area contributed by atoms with E-state index in [1.165, 1.54) is 10.5 Å². The fourth-order valence-electron chi connectivity index (χ4n) is 3.59. The second kappa shape index (κ2) is 8.26. The summed E-state index contributed by atoms with van der Waals surface area (Å²) in [4.78, 5) is 22.5. The van der Waals surface area contributed by atoms with Crippen molar-refractivity contribution < 1.29 is 4.74 Å². The number of pyridine rings is 1. The summed E-state index contributed by atoms with van der Waals surface area (Å²) in [6.07, 6.45) is 3.07. The van der Waals surface area contributed by atoms with Crippen molar-refractivity contribution in [3.63, 3.8) is 0 Å². The highest BCUT2D eigenvalue weighted by atomic mass is 35.5. The summed E-state index contributed by atoms with van der Waals surface area (Å²) in [6, 6.07) is 21.8. The van der Waals surface area contributed by atoms with Crippen LogP contribution >= 0.6 is 11.6 Å². The highest BCUT2D eigenvalue weighted by Crippen LogP contribution is 2.31. The normalized spacial score (nSPS) is 11.6. The van der Waals surface area contributed by atoms with Crippen LogP contribution in [0.2, 0.25) is 5.02 Å². The number of imidazole rings is 1. The number of fused-ring (bicyclic) bond motifs is 2. The van der Waals surface area contributed by atoms with Crippen LogP contribution in [0.4, 0.5) is 0 Å². The monoisotopic (exact) mass is 453 g/mol. The number of nitriles is 1. The molecule has 0 bridgehead atoms. The molecule has 3 aromatic heterocycles. The lowest BCUT2D eigenvalue weighted by Crippen LogP contribution is -2.18. The number of hydrogen-bond donors (Lipinski definition) is 0. The standard InChI is InChI=1S/C25H16ClN5O2/c1-30-20-10-4-3-9-19(20)28-23(30)16(15-27)14-17-24(33-21-11-5-2-8-18(21)26)29-22-12-6-7-13-31(22)25(17)32/h2-14H,1H3/b16-14+. The fraction of sp³-hybridized carbons (Fsp3) is 0.0400. The third-order valence-corrected chi connectivity index (χ3v) is 5.53. The Bertz CT molecular complexity index is 1660. The second-order valence-corrected chi connectivity index (χ2v) is 7.66. The Morgan fingerprint density at radius 2 is 1.82 bits per heavy atom. The molecule has 2 aromatic carbocycles. The van der Waals surface area contributed by atoms with E-state index in [1.807, 2.05) is 35.9 Å². The minimum absolute atomic E-state index is 0.0471. The zero-order valence-electron chi connectivity index (χ0n) is 17.4. The quantitative estimate of drug-likeness (QED) is 0.354. The zero-order valence-corrected chi connectivity index (χ0v) is 18.2. The Kier molecular flexibility index (Phi) is 5.13. The number of halogens is 1. The number of hydrogen-bond acceptors (Lipinski definition) is 5. The van der Waals surface area contributed by atoms with Gasteiger partial charge in [-0.05, 0) is 42.5 Å². The minimum atomic E-state index is -0.380. The highest BCUT2D eigenvalue weighted by molar-refractivity contribution is 6.32. The maximum Gasteiger partial charge on any atom is 0.269 e. The first kappa shape index (κ1) is 20.5. The first-order valence-electron chi connectivity index (χ1n) is 10.0. The van der Waals surface area contributed by atoms with Crippen molar-refractivity contribution in [1.29, 1.82) is 5.26 Å². The summed E-state index contributed by atoms with van der Waals surface area (Å²) in [6.45, 7) is 0. The van der Waals surface area contributed by atoms with Crippen molar-refractivity contribution in [3.8, 4) is 17.7 Å². The maximum absolute atomic E-state index is 13.4. The SMILES string of the molecule is Cn1c(/C(C#N)=C/c2c(Oc3ccccc3Cl)nc3ccccn3c2=O)nc2ccccc21. The van der Waals surface area contributed by atoms with E-state index in [1.54, 1.807) is 48.7 Å². The van der Waals surface area contributed by atoms with Crippen LogP contribution < -0.4 is 10.3 Å². The van der Waals surface area contributed by atoms with Gasteiger partial charge in [0.05, 0.1) is 21.6 Å². The predicted octanol–water partition coefficient (Wildman–Crippen LogP) is 5.09. The van der Waals surface area contributed by atoms with Crippen molar-refractivity contribution in [2.24, 2.45) is 7.05 Å². The lowest BCUT2D eigenvalue weighted by molar-refractivity contribution is 0.461. The third-order valence-electron chi connectivity index (χ3n) is 5.21. The molecule has 0 amide bonds. The van der Waals surface area contributed by atoms with Crippen molar-refractivity contribution >= 4 is 39.9 Å². The van der Waals surface area contributed by atoms with Crippen LogP contribution in [-0.4, -0.2) is 18.9 Å². The molecule has 0 spiro atoms. The molecule has 0 radical (unpaired) electrons. The van der Waals surface area contributed by atoms with Gasteiger partial charge in [-0.1, -0.05) is 41.9 Å². The van der Waals surface area contributed by atoms with Gasteiger partial charge < -0.3 is 9.30 Å². The lowest BCUT2D eigenvalue weighted by atomic mass is 10.1. The fourth-order valence-corrected chi connectivity index (χ4v) is 3.77. The van der Waals surface area contributed by atoms with E-state index in [0.29, 0.717) is 22.2 Å². The molecule has 0 aliphatic rings. The number of para-hydroxylation sites is 3. The molecule has 0 saturated heterocycles. The average molecular weight is 454 g/mol. The van der Waals surface area contributed by atoms with Gasteiger partial charge in [0.25, 0.3) is 5.56 Å². The first-order chi connectivity index (χ1) is 16.1. The highest BCUT2D eigenvalue weighted by Gasteiger charge is 2.18. The zero-order chi connectivity index (χ0) is 22.9. The van der Waals surface area contributed by atoms with Crippen molar-refractivity contribution in [3.05, 3.63) is 99.7 Å². The van der Waals surface area contributed by atoms with Crippen LogP contribution in [0.1, 0.15) is 11.4 Å². The predicted molar refractivity (Wildman–Crippen MR) is 127 cm³/mol. The number of aryl methyl sites for hydroxylation is 1. The number of benzene rings is 2. The summed E-state index contributed by atoms with van der Waals surface area (Å²) < 4.78 is 9.17. The number of ether oxygens (including phenoxy) is 1. The maximum atomic E-state index is 13.4. The molecule has 0 fully saturated rings. The second-order valence-electron chi connectivity index (χ2n) is 7.25. The van der Waals surface area contributed by atoms with Crippen LogP contribution in [0, 0.1) is 11.3 Å². The van der Waals surface area contributed by atoms with E-state index < -0.39 is 0 Å². The Labute approximate surface area is 193 Å². The van der Waals surface area contributed by atoms with E-state index in [-0.39, 0.29) is 22.6 Å². The smallest absolute Gasteiger partial charge is 0.269 e. The Morgan fingerprint density at radius 3 is 2.61 bits per heavy atom. The third kappa shape index (κ3) is 3.63. The van der Waals surface area contributed by atoms with E-state index in [9.17, 15) is 10.1 Å².